The Kier molecular flexibility index (Phi) is 8.89. The Hall–Kier alpha value is -1.99. The van der Waals surface area contributed by atoms with Crippen molar-refractivity contribution in [3.8, 4) is 17.9 Å². The fraction of sp³-hybridized carbons (Fsp3) is 0.607. The summed E-state index contributed by atoms with van der Waals surface area (Å²) in [4.78, 5) is 0. The zero-order valence-electron chi connectivity index (χ0n) is 18.2. The van der Waals surface area contributed by atoms with Crippen LogP contribution in [-0.2, 0) is 0 Å². The minimum atomic E-state index is 0.688. The maximum atomic E-state index is 8.84. The topological polar surface area (TPSA) is 23.8 Å². The van der Waals surface area contributed by atoms with Gasteiger partial charge in [0.05, 0.1) is 11.6 Å². The molecule has 3 rings (SSSR count). The lowest BCUT2D eigenvalue weighted by Crippen LogP contribution is -2.25. The van der Waals surface area contributed by atoms with Gasteiger partial charge < -0.3 is 0 Å². The van der Waals surface area contributed by atoms with Crippen LogP contribution in [0.15, 0.2) is 36.4 Å². The van der Waals surface area contributed by atoms with Gasteiger partial charge in [-0.1, -0.05) is 63.4 Å². The van der Waals surface area contributed by atoms with Gasteiger partial charge in [-0.3, -0.25) is 0 Å². The van der Waals surface area contributed by atoms with E-state index < -0.39 is 0 Å². The van der Waals surface area contributed by atoms with Gasteiger partial charge in [0.2, 0.25) is 0 Å². The molecule has 2 saturated carbocycles. The van der Waals surface area contributed by atoms with Crippen molar-refractivity contribution >= 4 is 0 Å². The number of nitrogens with zero attached hydrogens (tertiary/aromatic N) is 1. The van der Waals surface area contributed by atoms with Crippen molar-refractivity contribution in [1.29, 1.82) is 5.26 Å². The second kappa shape index (κ2) is 11.9. The molecule has 2 fully saturated rings. The Labute approximate surface area is 178 Å². The number of hydrogen-bond donors (Lipinski definition) is 0. The van der Waals surface area contributed by atoms with E-state index in [-0.39, 0.29) is 0 Å². The Balaban J connectivity index is 1.36. The molecule has 0 saturated heterocycles. The largest absolute Gasteiger partial charge is 0.192 e. The van der Waals surface area contributed by atoms with Crippen LogP contribution in [-0.4, -0.2) is 0 Å². The normalized spacial score (nSPS) is 27.2. The molecule has 0 heterocycles. The third kappa shape index (κ3) is 7.08. The SMILES string of the molecule is CCCCC[C@H]1CC[C@H](C2CCC(/C=C/C#Cc3ccc(C#N)cc3)CC2)CC1. The molecule has 2 aliphatic rings. The highest BCUT2D eigenvalue weighted by Gasteiger charge is 2.30. The predicted molar refractivity (Wildman–Crippen MR) is 122 cm³/mol. The Morgan fingerprint density at radius 3 is 2.10 bits per heavy atom. The van der Waals surface area contributed by atoms with Gasteiger partial charge in [0.15, 0.2) is 0 Å². The summed E-state index contributed by atoms with van der Waals surface area (Å²) in [6.07, 6.45) is 21.6. The minimum Gasteiger partial charge on any atom is -0.192 e. The predicted octanol–water partition coefficient (Wildman–Crippen LogP) is 7.66. The van der Waals surface area contributed by atoms with E-state index in [2.05, 4.69) is 30.9 Å². The molecule has 1 nitrogen and oxygen atoms in total. The van der Waals surface area contributed by atoms with Crippen LogP contribution < -0.4 is 0 Å². The minimum absolute atomic E-state index is 0.688. The first-order chi connectivity index (χ1) is 14.3. The highest BCUT2D eigenvalue weighted by Crippen LogP contribution is 2.42. The van der Waals surface area contributed by atoms with Gasteiger partial charge in [0.25, 0.3) is 0 Å². The van der Waals surface area contributed by atoms with Gasteiger partial charge in [-0.15, -0.1) is 0 Å². The van der Waals surface area contributed by atoms with Crippen molar-refractivity contribution in [2.24, 2.45) is 23.7 Å². The monoisotopic (exact) mass is 387 g/mol. The van der Waals surface area contributed by atoms with E-state index in [1.165, 1.54) is 77.0 Å². The summed E-state index contributed by atoms with van der Waals surface area (Å²) in [6, 6.07) is 9.64. The second-order valence-corrected chi connectivity index (χ2v) is 9.27. The number of allylic oxidation sites excluding steroid dienone is 2. The van der Waals surface area contributed by atoms with E-state index in [1.807, 2.05) is 30.3 Å². The maximum absolute atomic E-state index is 8.84. The van der Waals surface area contributed by atoms with Crippen LogP contribution in [0.25, 0.3) is 0 Å². The molecule has 1 heteroatoms. The van der Waals surface area contributed by atoms with Crippen molar-refractivity contribution in [2.75, 3.05) is 0 Å². The molecule has 0 amide bonds. The van der Waals surface area contributed by atoms with Crippen molar-refractivity contribution in [2.45, 2.75) is 84.0 Å². The molecule has 2 aliphatic carbocycles. The zero-order valence-corrected chi connectivity index (χ0v) is 18.2. The number of benzene rings is 1. The van der Waals surface area contributed by atoms with Crippen LogP contribution in [0.2, 0.25) is 0 Å². The van der Waals surface area contributed by atoms with E-state index in [0.717, 1.165) is 23.3 Å². The first kappa shape index (κ1) is 21.7. The summed E-state index contributed by atoms with van der Waals surface area (Å²) in [5, 5.41) is 8.84. The Bertz CT molecular complexity index is 723. The van der Waals surface area contributed by atoms with Crippen LogP contribution in [0.4, 0.5) is 0 Å². The van der Waals surface area contributed by atoms with E-state index in [0.29, 0.717) is 11.5 Å². The molecule has 154 valence electrons. The van der Waals surface area contributed by atoms with E-state index >= 15 is 0 Å². The average molecular weight is 388 g/mol. The van der Waals surface area contributed by atoms with Crippen LogP contribution in [0.5, 0.6) is 0 Å². The molecule has 1 aromatic carbocycles. The lowest BCUT2D eigenvalue weighted by Gasteiger charge is -2.37. The van der Waals surface area contributed by atoms with Gasteiger partial charge >= 0.3 is 0 Å². The van der Waals surface area contributed by atoms with Crippen molar-refractivity contribution in [3.05, 3.63) is 47.5 Å². The molecule has 0 aliphatic heterocycles. The van der Waals surface area contributed by atoms with Crippen molar-refractivity contribution < 1.29 is 0 Å². The van der Waals surface area contributed by atoms with E-state index in [9.17, 15) is 0 Å². The summed E-state index contributed by atoms with van der Waals surface area (Å²) in [7, 11) is 0. The Morgan fingerprint density at radius 1 is 0.862 bits per heavy atom. The smallest absolute Gasteiger partial charge is 0.0991 e. The molecule has 0 bridgehead atoms. The van der Waals surface area contributed by atoms with Crippen molar-refractivity contribution in [3.63, 3.8) is 0 Å². The van der Waals surface area contributed by atoms with Gasteiger partial charge in [-0.05, 0) is 92.5 Å². The van der Waals surface area contributed by atoms with Gasteiger partial charge in [0.1, 0.15) is 0 Å². The molecule has 0 aromatic heterocycles. The molecule has 1 aromatic rings. The fourth-order valence-corrected chi connectivity index (χ4v) is 5.38. The standard InChI is InChI=1S/C28H37N/c1-2-3-4-7-24-14-18-27(19-15-24)28-20-16-25(17-21-28)9-6-5-8-23-10-12-26(22-29)13-11-23/h6,9-13,24-25,27-28H,2-4,7,14-21H2,1H3/b9-6+/t24-,25?,27-,28?. The molecule has 0 atom stereocenters. The van der Waals surface area contributed by atoms with E-state index in [1.54, 1.807) is 0 Å². The molecule has 29 heavy (non-hydrogen) atoms. The molecular formula is C28H37N. The van der Waals surface area contributed by atoms with Crippen LogP contribution in [0.3, 0.4) is 0 Å². The molecule has 0 unspecified atom stereocenters. The average Bonchev–Trinajstić information content (AvgIpc) is 2.78. The third-order valence-electron chi connectivity index (χ3n) is 7.27. The first-order valence-electron chi connectivity index (χ1n) is 12.0. The summed E-state index contributed by atoms with van der Waals surface area (Å²) in [5.41, 5.74) is 1.66. The summed E-state index contributed by atoms with van der Waals surface area (Å²) in [5.74, 6) is 10.1. The number of nitriles is 1. The lowest BCUT2D eigenvalue weighted by atomic mass is 9.68. The van der Waals surface area contributed by atoms with Crippen molar-refractivity contribution in [1.82, 2.24) is 0 Å². The number of rotatable bonds is 6. The van der Waals surface area contributed by atoms with Gasteiger partial charge in [0, 0.05) is 5.56 Å². The van der Waals surface area contributed by atoms with E-state index in [4.69, 9.17) is 5.26 Å². The van der Waals surface area contributed by atoms with Crippen LogP contribution in [0, 0.1) is 46.8 Å². The molecular weight excluding hydrogens is 350 g/mol. The van der Waals surface area contributed by atoms with Gasteiger partial charge in [-0.25, -0.2) is 0 Å². The zero-order chi connectivity index (χ0) is 20.3. The highest BCUT2D eigenvalue weighted by molar-refractivity contribution is 5.41. The van der Waals surface area contributed by atoms with Crippen LogP contribution in [0.1, 0.15) is 95.1 Å². The Morgan fingerprint density at radius 2 is 1.48 bits per heavy atom. The maximum Gasteiger partial charge on any atom is 0.0991 e. The molecule has 0 N–H and O–H groups in total. The summed E-state index contributed by atoms with van der Waals surface area (Å²) < 4.78 is 0. The number of hydrogen-bond acceptors (Lipinski definition) is 1. The second-order valence-electron chi connectivity index (χ2n) is 9.27. The lowest BCUT2D eigenvalue weighted by molar-refractivity contribution is 0.151. The van der Waals surface area contributed by atoms with Crippen LogP contribution >= 0.6 is 0 Å². The highest BCUT2D eigenvalue weighted by atomic mass is 14.4. The van der Waals surface area contributed by atoms with Gasteiger partial charge in [-0.2, -0.15) is 5.26 Å². The summed E-state index contributed by atoms with van der Waals surface area (Å²) >= 11 is 0. The molecule has 0 spiro atoms. The summed E-state index contributed by atoms with van der Waals surface area (Å²) in [6.45, 7) is 2.31. The quantitative estimate of drug-likeness (QED) is 0.363. The fourth-order valence-electron chi connectivity index (χ4n) is 5.38. The molecule has 0 radical (unpaired) electrons. The number of unbranched alkanes of at least 4 members (excludes halogenated alkanes) is 2. The third-order valence-corrected chi connectivity index (χ3v) is 7.27. The first-order valence-corrected chi connectivity index (χ1v) is 12.0.